The molecule has 0 aliphatic carbocycles. The van der Waals surface area contributed by atoms with Gasteiger partial charge in [0.2, 0.25) is 0 Å². The maximum absolute atomic E-state index is 12.1. The van der Waals surface area contributed by atoms with Crippen LogP contribution in [0.25, 0.3) is 0 Å². The fraction of sp³-hybridized carbons (Fsp3) is 0.312. The van der Waals surface area contributed by atoms with Crippen LogP contribution in [0.3, 0.4) is 0 Å². The molecule has 1 unspecified atom stereocenters. The summed E-state index contributed by atoms with van der Waals surface area (Å²) in [5.74, 6) is 1.50. The average molecular weight is 304 g/mol. The van der Waals surface area contributed by atoms with Crippen LogP contribution >= 0.6 is 11.8 Å². The zero-order chi connectivity index (χ0) is 15.2. The lowest BCUT2D eigenvalue weighted by Crippen LogP contribution is -2.26. The van der Waals surface area contributed by atoms with Crippen molar-refractivity contribution >= 4 is 17.7 Å². The van der Waals surface area contributed by atoms with Crippen LogP contribution in [-0.4, -0.2) is 11.7 Å². The highest BCUT2D eigenvalue weighted by Gasteiger charge is 2.13. The Balaban J connectivity index is 1.99. The molecule has 0 aliphatic heterocycles. The van der Waals surface area contributed by atoms with Crippen molar-refractivity contribution in [3.63, 3.8) is 0 Å². The maximum Gasteiger partial charge on any atom is 0.255 e. The number of benzene rings is 1. The number of furan rings is 1. The first kappa shape index (κ1) is 15.7. The summed E-state index contributed by atoms with van der Waals surface area (Å²) in [4.78, 5) is 13.3. The lowest BCUT2D eigenvalue weighted by Gasteiger charge is -2.14. The third kappa shape index (κ3) is 4.12. The van der Waals surface area contributed by atoms with E-state index in [4.69, 9.17) is 10.2 Å². The first-order chi connectivity index (χ1) is 10.1. The number of nitrogens with two attached hydrogens (primary N) is 1. The van der Waals surface area contributed by atoms with Crippen LogP contribution in [0.1, 0.15) is 41.6 Å². The van der Waals surface area contributed by atoms with Crippen LogP contribution in [0.4, 0.5) is 0 Å². The summed E-state index contributed by atoms with van der Waals surface area (Å²) < 4.78 is 5.18. The fourth-order valence-electron chi connectivity index (χ4n) is 1.99. The molecule has 3 N–H and O–H groups in total. The van der Waals surface area contributed by atoms with E-state index in [2.05, 4.69) is 24.4 Å². The maximum atomic E-state index is 12.1. The fourth-order valence-corrected chi connectivity index (χ4v) is 2.65. The number of hydrogen-bond donors (Lipinski definition) is 2. The van der Waals surface area contributed by atoms with Gasteiger partial charge in [0.05, 0.1) is 18.2 Å². The van der Waals surface area contributed by atoms with Crippen LogP contribution in [0, 0.1) is 0 Å². The summed E-state index contributed by atoms with van der Waals surface area (Å²) in [6, 6.07) is 9.86. The largest absolute Gasteiger partial charge is 0.467 e. The Kier molecular flexibility index (Phi) is 5.47. The molecule has 0 bridgehead atoms. The van der Waals surface area contributed by atoms with Crippen LogP contribution in [0.15, 0.2) is 45.9 Å². The highest BCUT2D eigenvalue weighted by atomic mass is 32.2. The van der Waals surface area contributed by atoms with E-state index in [-0.39, 0.29) is 11.9 Å². The van der Waals surface area contributed by atoms with Gasteiger partial charge in [-0.25, -0.2) is 0 Å². The molecule has 4 nitrogen and oxygen atoms in total. The predicted octanol–water partition coefficient (Wildman–Crippen LogP) is 3.34. The van der Waals surface area contributed by atoms with E-state index in [0.717, 1.165) is 11.3 Å². The summed E-state index contributed by atoms with van der Waals surface area (Å²) in [5, 5.41) is 2.95. The minimum absolute atomic E-state index is 0.0607. The van der Waals surface area contributed by atoms with E-state index in [1.165, 1.54) is 11.2 Å². The Labute approximate surface area is 129 Å². The molecule has 5 heteroatoms. The number of carbonyl (C=O) groups is 1. The third-order valence-corrected chi connectivity index (χ3v) is 4.05. The highest BCUT2D eigenvalue weighted by Crippen LogP contribution is 2.21. The Hall–Kier alpha value is -1.72. The molecule has 0 aliphatic rings. The molecule has 2 aromatic rings. The van der Waals surface area contributed by atoms with E-state index in [1.54, 1.807) is 17.8 Å². The second-order valence-corrected chi connectivity index (χ2v) is 6.04. The molecule has 0 fully saturated rings. The molecular formula is C16H20N2O2S. The molecule has 0 saturated heterocycles. The zero-order valence-electron chi connectivity index (χ0n) is 12.3. The topological polar surface area (TPSA) is 68.3 Å². The summed E-state index contributed by atoms with van der Waals surface area (Å²) in [7, 11) is 0. The third-order valence-electron chi connectivity index (χ3n) is 3.16. The number of rotatable bonds is 6. The number of carbonyl (C=O) groups excluding carboxylic acids is 1. The SMILES string of the molecule is CCSc1ccc(C(C)NC(=O)c2coc(CN)c2)cc1. The summed E-state index contributed by atoms with van der Waals surface area (Å²) in [5.41, 5.74) is 7.04. The predicted molar refractivity (Wildman–Crippen MR) is 85.3 cm³/mol. The Morgan fingerprint density at radius 1 is 1.38 bits per heavy atom. The molecule has 0 spiro atoms. The van der Waals surface area contributed by atoms with Gasteiger partial charge in [0.1, 0.15) is 12.0 Å². The van der Waals surface area contributed by atoms with Gasteiger partial charge in [0, 0.05) is 4.90 Å². The van der Waals surface area contributed by atoms with E-state index in [0.29, 0.717) is 17.9 Å². The minimum Gasteiger partial charge on any atom is -0.467 e. The van der Waals surface area contributed by atoms with Crippen molar-refractivity contribution in [3.8, 4) is 0 Å². The van der Waals surface area contributed by atoms with Gasteiger partial charge >= 0.3 is 0 Å². The quantitative estimate of drug-likeness (QED) is 0.803. The summed E-state index contributed by atoms with van der Waals surface area (Å²) >= 11 is 1.80. The molecule has 2 rings (SSSR count). The van der Waals surface area contributed by atoms with Crippen molar-refractivity contribution in [3.05, 3.63) is 53.5 Å². The van der Waals surface area contributed by atoms with Gasteiger partial charge in [-0.1, -0.05) is 19.1 Å². The molecule has 112 valence electrons. The monoisotopic (exact) mass is 304 g/mol. The number of hydrogen-bond acceptors (Lipinski definition) is 4. The molecule has 1 amide bonds. The van der Waals surface area contributed by atoms with Crippen molar-refractivity contribution in [1.82, 2.24) is 5.32 Å². The Morgan fingerprint density at radius 2 is 2.10 bits per heavy atom. The minimum atomic E-state index is -0.155. The molecule has 1 aromatic heterocycles. The van der Waals surface area contributed by atoms with Crippen LogP contribution in [-0.2, 0) is 6.54 Å². The van der Waals surface area contributed by atoms with Crippen molar-refractivity contribution in [2.24, 2.45) is 5.73 Å². The van der Waals surface area contributed by atoms with Gasteiger partial charge in [-0.2, -0.15) is 0 Å². The van der Waals surface area contributed by atoms with Gasteiger partial charge in [-0.15, -0.1) is 11.8 Å². The number of thioether (sulfide) groups is 1. The lowest BCUT2D eigenvalue weighted by molar-refractivity contribution is 0.0939. The smallest absolute Gasteiger partial charge is 0.255 e. The molecule has 0 saturated carbocycles. The zero-order valence-corrected chi connectivity index (χ0v) is 13.1. The second kappa shape index (κ2) is 7.33. The Bertz CT molecular complexity index is 593. The van der Waals surface area contributed by atoms with E-state index >= 15 is 0 Å². The normalized spacial score (nSPS) is 12.1. The van der Waals surface area contributed by atoms with Gasteiger partial charge < -0.3 is 15.5 Å². The average Bonchev–Trinajstić information content (AvgIpc) is 2.97. The lowest BCUT2D eigenvalue weighted by atomic mass is 10.1. The molecular weight excluding hydrogens is 284 g/mol. The highest BCUT2D eigenvalue weighted by molar-refractivity contribution is 7.99. The van der Waals surface area contributed by atoms with Crippen LogP contribution < -0.4 is 11.1 Å². The van der Waals surface area contributed by atoms with Crippen LogP contribution in [0.5, 0.6) is 0 Å². The van der Waals surface area contributed by atoms with Crippen molar-refractivity contribution < 1.29 is 9.21 Å². The van der Waals surface area contributed by atoms with Gasteiger partial charge in [-0.05, 0) is 36.4 Å². The summed E-state index contributed by atoms with van der Waals surface area (Å²) in [6.07, 6.45) is 1.44. The molecule has 21 heavy (non-hydrogen) atoms. The first-order valence-electron chi connectivity index (χ1n) is 6.95. The van der Waals surface area contributed by atoms with Gasteiger partial charge in [0.25, 0.3) is 5.91 Å². The second-order valence-electron chi connectivity index (χ2n) is 4.70. The van der Waals surface area contributed by atoms with Gasteiger partial charge in [-0.3, -0.25) is 4.79 Å². The molecule has 1 aromatic carbocycles. The van der Waals surface area contributed by atoms with Crippen molar-refractivity contribution in [2.45, 2.75) is 31.3 Å². The Morgan fingerprint density at radius 3 is 2.67 bits per heavy atom. The van der Waals surface area contributed by atoms with Gasteiger partial charge in [0.15, 0.2) is 0 Å². The standard InChI is InChI=1S/C16H20N2O2S/c1-3-21-15-6-4-12(5-7-15)11(2)18-16(19)13-8-14(9-17)20-10-13/h4-8,10-11H,3,9,17H2,1-2H3,(H,18,19). The van der Waals surface area contributed by atoms with E-state index < -0.39 is 0 Å². The summed E-state index contributed by atoms with van der Waals surface area (Å²) in [6.45, 7) is 4.38. The van der Waals surface area contributed by atoms with E-state index in [9.17, 15) is 4.79 Å². The molecule has 1 heterocycles. The molecule has 0 radical (unpaired) electrons. The first-order valence-corrected chi connectivity index (χ1v) is 7.93. The number of nitrogens with one attached hydrogen (secondary N) is 1. The molecule has 1 atom stereocenters. The van der Waals surface area contributed by atoms with Crippen molar-refractivity contribution in [2.75, 3.05) is 5.75 Å². The number of amides is 1. The van der Waals surface area contributed by atoms with Crippen LogP contribution in [0.2, 0.25) is 0 Å². The van der Waals surface area contributed by atoms with E-state index in [1.807, 2.05) is 19.1 Å². The van der Waals surface area contributed by atoms with Crippen molar-refractivity contribution in [1.29, 1.82) is 0 Å².